The fourth-order valence-corrected chi connectivity index (χ4v) is 4.81. The molecule has 3 nitrogen and oxygen atoms in total. The molecule has 1 N–H and O–H groups in total. The molecule has 0 aliphatic heterocycles. The van der Waals surface area contributed by atoms with Crippen molar-refractivity contribution in [1.82, 2.24) is 0 Å². The van der Waals surface area contributed by atoms with Gasteiger partial charge in [0.05, 0.1) is 17.2 Å². The van der Waals surface area contributed by atoms with E-state index in [-0.39, 0.29) is 6.42 Å². The molecular formula is C25H18F2O3S. The molecule has 1 aliphatic rings. The van der Waals surface area contributed by atoms with Gasteiger partial charge < -0.3 is 5.11 Å². The Bertz CT molecular complexity index is 1270. The Labute approximate surface area is 180 Å². The Morgan fingerprint density at radius 2 is 1.65 bits per heavy atom. The average molecular weight is 436 g/mol. The quantitative estimate of drug-likeness (QED) is 0.539. The molecule has 0 saturated carbocycles. The maximum atomic E-state index is 13.8. The summed E-state index contributed by atoms with van der Waals surface area (Å²) in [5, 5.41) is 9.28. The smallest absolute Gasteiger partial charge is 0.307 e. The minimum absolute atomic E-state index is 0.200. The Morgan fingerprint density at radius 1 is 0.935 bits per heavy atom. The van der Waals surface area contributed by atoms with E-state index in [9.17, 15) is 22.9 Å². The van der Waals surface area contributed by atoms with Crippen molar-refractivity contribution in [3.8, 4) is 0 Å². The number of hydrogen-bond acceptors (Lipinski definition) is 2. The van der Waals surface area contributed by atoms with Crippen LogP contribution in [0.1, 0.15) is 30.0 Å². The zero-order chi connectivity index (χ0) is 22.1. The van der Waals surface area contributed by atoms with Gasteiger partial charge in [-0.15, -0.1) is 0 Å². The molecule has 0 aromatic heterocycles. The van der Waals surface area contributed by atoms with E-state index in [0.29, 0.717) is 20.9 Å². The van der Waals surface area contributed by atoms with E-state index in [1.54, 1.807) is 24.3 Å². The van der Waals surface area contributed by atoms with Gasteiger partial charge in [-0.2, -0.15) is 0 Å². The fourth-order valence-electron chi connectivity index (χ4n) is 3.71. The van der Waals surface area contributed by atoms with Crippen LogP contribution in [0.5, 0.6) is 0 Å². The summed E-state index contributed by atoms with van der Waals surface area (Å²) in [5.41, 5.74) is 4.27. The van der Waals surface area contributed by atoms with E-state index < -0.39 is 28.4 Å². The first-order chi connectivity index (χ1) is 14.8. The molecule has 3 aromatic rings. The van der Waals surface area contributed by atoms with Gasteiger partial charge in [-0.05, 0) is 94.9 Å². The van der Waals surface area contributed by atoms with E-state index in [1.807, 2.05) is 19.1 Å². The second-order valence-corrected chi connectivity index (χ2v) is 8.70. The Kier molecular flexibility index (Phi) is 5.65. The summed E-state index contributed by atoms with van der Waals surface area (Å²) in [6.07, 6.45) is 1.68. The molecule has 0 saturated heterocycles. The van der Waals surface area contributed by atoms with Crippen LogP contribution in [0.3, 0.4) is 0 Å². The van der Waals surface area contributed by atoms with Gasteiger partial charge in [0.25, 0.3) is 0 Å². The molecule has 1 atom stereocenters. The van der Waals surface area contributed by atoms with E-state index >= 15 is 0 Å². The van der Waals surface area contributed by atoms with E-state index in [2.05, 4.69) is 0 Å². The van der Waals surface area contributed by atoms with Gasteiger partial charge in [-0.3, -0.25) is 4.79 Å². The minimum Gasteiger partial charge on any atom is -0.481 e. The molecule has 6 heteroatoms. The lowest BCUT2D eigenvalue weighted by atomic mass is 10.0. The standard InChI is InChI=1S/C25H18F2O3S/c1-15-22(21-10-7-18(27)13-24(21)23(15)14-25(28)29)12-16-3-2-4-20(11-16)31(30)19-8-5-17(26)6-9-19/h2-13H,14H2,1H3,(H,28,29)/b22-12-. The SMILES string of the molecule is CC1=C(CC(=O)O)c2cc(F)ccc2/C1=C\c1cccc(S(=O)c2ccc(F)cc2)c1. The number of carboxylic acids is 1. The third-order valence-corrected chi connectivity index (χ3v) is 6.57. The van der Waals surface area contributed by atoms with Crippen molar-refractivity contribution in [3.05, 3.63) is 101 Å². The number of fused-ring (bicyclic) bond motifs is 1. The number of aliphatic carboxylic acids is 1. The number of halogens is 2. The van der Waals surface area contributed by atoms with Crippen molar-refractivity contribution in [2.24, 2.45) is 0 Å². The van der Waals surface area contributed by atoms with Crippen molar-refractivity contribution in [1.29, 1.82) is 0 Å². The summed E-state index contributed by atoms with van der Waals surface area (Å²) < 4.78 is 39.9. The zero-order valence-corrected chi connectivity index (χ0v) is 17.4. The predicted molar refractivity (Wildman–Crippen MR) is 117 cm³/mol. The Morgan fingerprint density at radius 3 is 2.35 bits per heavy atom. The Hall–Kier alpha value is -3.38. The van der Waals surface area contributed by atoms with Gasteiger partial charge in [0, 0.05) is 9.79 Å². The van der Waals surface area contributed by atoms with Gasteiger partial charge in [0.2, 0.25) is 0 Å². The number of benzene rings is 3. The average Bonchev–Trinajstić information content (AvgIpc) is 2.99. The van der Waals surface area contributed by atoms with Crippen LogP contribution in [0, 0.1) is 11.6 Å². The molecule has 4 rings (SSSR count). The van der Waals surface area contributed by atoms with Crippen LogP contribution in [0.2, 0.25) is 0 Å². The normalized spacial score (nSPS) is 15.3. The van der Waals surface area contributed by atoms with E-state index in [4.69, 9.17) is 0 Å². The number of hydrogen-bond donors (Lipinski definition) is 1. The van der Waals surface area contributed by atoms with E-state index in [1.165, 1.54) is 36.4 Å². The van der Waals surface area contributed by atoms with Gasteiger partial charge >= 0.3 is 5.97 Å². The lowest BCUT2D eigenvalue weighted by molar-refractivity contribution is -0.135. The molecule has 1 aliphatic carbocycles. The number of rotatable bonds is 5. The summed E-state index contributed by atoms with van der Waals surface area (Å²) in [7, 11) is -1.48. The molecule has 3 aromatic carbocycles. The van der Waals surface area contributed by atoms with Crippen LogP contribution in [0.4, 0.5) is 8.78 Å². The van der Waals surface area contributed by atoms with Crippen molar-refractivity contribution >= 4 is 34.0 Å². The van der Waals surface area contributed by atoms with Crippen LogP contribution in [-0.2, 0) is 15.6 Å². The lowest BCUT2D eigenvalue weighted by Gasteiger charge is -2.07. The summed E-state index contributed by atoms with van der Waals surface area (Å²) in [6, 6.07) is 17.0. The minimum atomic E-state index is -1.48. The number of allylic oxidation sites excluding steroid dienone is 2. The molecule has 0 fully saturated rings. The molecule has 0 heterocycles. The molecule has 156 valence electrons. The van der Waals surface area contributed by atoms with Crippen molar-refractivity contribution in [2.75, 3.05) is 0 Å². The van der Waals surface area contributed by atoms with Crippen molar-refractivity contribution in [3.63, 3.8) is 0 Å². The molecule has 0 amide bonds. The maximum absolute atomic E-state index is 13.8. The van der Waals surface area contributed by atoms with Crippen LogP contribution < -0.4 is 0 Å². The summed E-state index contributed by atoms with van der Waals surface area (Å²) >= 11 is 0. The molecule has 0 bridgehead atoms. The highest BCUT2D eigenvalue weighted by molar-refractivity contribution is 7.85. The molecule has 31 heavy (non-hydrogen) atoms. The predicted octanol–water partition coefficient (Wildman–Crippen LogP) is 5.93. The van der Waals surface area contributed by atoms with Crippen LogP contribution in [-0.4, -0.2) is 15.3 Å². The topological polar surface area (TPSA) is 54.4 Å². The number of carbonyl (C=O) groups is 1. The highest BCUT2D eigenvalue weighted by atomic mass is 32.2. The van der Waals surface area contributed by atoms with Crippen molar-refractivity contribution < 1.29 is 22.9 Å². The molecular weight excluding hydrogens is 418 g/mol. The zero-order valence-electron chi connectivity index (χ0n) is 16.6. The highest BCUT2D eigenvalue weighted by Crippen LogP contribution is 2.43. The third-order valence-electron chi connectivity index (χ3n) is 5.19. The lowest BCUT2D eigenvalue weighted by Crippen LogP contribution is -1.97. The molecule has 1 unspecified atom stereocenters. The first kappa shape index (κ1) is 20.9. The summed E-state index contributed by atoms with van der Waals surface area (Å²) in [6.45, 7) is 1.82. The van der Waals surface area contributed by atoms with Crippen LogP contribution >= 0.6 is 0 Å². The molecule has 0 radical (unpaired) electrons. The van der Waals surface area contributed by atoms with Gasteiger partial charge in [-0.25, -0.2) is 13.0 Å². The maximum Gasteiger partial charge on any atom is 0.307 e. The Balaban J connectivity index is 1.76. The largest absolute Gasteiger partial charge is 0.481 e. The van der Waals surface area contributed by atoms with Gasteiger partial charge in [0.15, 0.2) is 0 Å². The summed E-state index contributed by atoms with van der Waals surface area (Å²) in [5.74, 6) is -1.80. The first-order valence-corrected chi connectivity index (χ1v) is 10.7. The van der Waals surface area contributed by atoms with Gasteiger partial charge in [0.1, 0.15) is 11.6 Å². The van der Waals surface area contributed by atoms with Crippen molar-refractivity contribution in [2.45, 2.75) is 23.1 Å². The van der Waals surface area contributed by atoms with Crippen LogP contribution in [0.25, 0.3) is 17.2 Å². The monoisotopic (exact) mass is 436 g/mol. The number of carboxylic acid groups (broad SMARTS) is 1. The second kappa shape index (κ2) is 8.40. The fraction of sp³-hybridized carbons (Fsp3) is 0.0800. The highest BCUT2D eigenvalue weighted by Gasteiger charge is 2.25. The molecule has 0 spiro atoms. The first-order valence-electron chi connectivity index (χ1n) is 9.55. The van der Waals surface area contributed by atoms with Gasteiger partial charge in [-0.1, -0.05) is 18.2 Å². The second-order valence-electron chi connectivity index (χ2n) is 7.22. The summed E-state index contributed by atoms with van der Waals surface area (Å²) in [4.78, 5) is 12.4. The van der Waals surface area contributed by atoms with Crippen LogP contribution in [0.15, 0.2) is 82.1 Å². The third kappa shape index (κ3) is 4.25. The van der Waals surface area contributed by atoms with E-state index in [0.717, 1.165) is 22.3 Å².